The van der Waals surface area contributed by atoms with Crippen LogP contribution in [0.5, 0.6) is 0 Å². The van der Waals surface area contributed by atoms with Crippen LogP contribution in [-0.4, -0.2) is 14.4 Å². The summed E-state index contributed by atoms with van der Waals surface area (Å²) in [6, 6.07) is 8.26. The number of carboxylic acid groups (broad SMARTS) is 1. The maximum atomic E-state index is 12.4. The predicted molar refractivity (Wildman–Crippen MR) is 82.2 cm³/mol. The van der Waals surface area contributed by atoms with Gasteiger partial charge in [0, 0.05) is 18.2 Å². The summed E-state index contributed by atoms with van der Waals surface area (Å²) < 4.78 is 27.4. The molecule has 6 nitrogen and oxygen atoms in total. The first-order chi connectivity index (χ1) is 10.9. The first-order valence-electron chi connectivity index (χ1n) is 6.83. The number of pyridine rings is 1. The van der Waals surface area contributed by atoms with Crippen LogP contribution in [-0.2, 0) is 21.4 Å². The van der Waals surface area contributed by atoms with Gasteiger partial charge >= 0.3 is 0 Å². The van der Waals surface area contributed by atoms with E-state index in [1.54, 1.807) is 43.6 Å². The van der Waals surface area contributed by atoms with Gasteiger partial charge in [-0.05, 0) is 36.3 Å². The minimum Gasteiger partial charge on any atom is -0.545 e. The molecule has 0 bridgehead atoms. The number of hydrogen-bond donors (Lipinski definition) is 1. The van der Waals surface area contributed by atoms with Gasteiger partial charge in [0.25, 0.3) is 0 Å². The Bertz CT molecular complexity index is 830. The molecule has 0 spiro atoms. The first kappa shape index (κ1) is 16.9. The minimum atomic E-state index is -3.71. The molecule has 0 atom stereocenters. The number of carboxylic acids is 1. The molecule has 0 aliphatic heterocycles. The van der Waals surface area contributed by atoms with E-state index in [1.807, 2.05) is 0 Å². The van der Waals surface area contributed by atoms with Gasteiger partial charge in [0.1, 0.15) is 0 Å². The van der Waals surface area contributed by atoms with E-state index in [2.05, 4.69) is 9.71 Å². The van der Waals surface area contributed by atoms with E-state index in [4.69, 9.17) is 0 Å². The highest BCUT2D eigenvalue weighted by Crippen LogP contribution is 2.18. The van der Waals surface area contributed by atoms with Crippen LogP contribution in [0, 0.1) is 6.92 Å². The van der Waals surface area contributed by atoms with Crippen molar-refractivity contribution in [2.45, 2.75) is 18.4 Å². The number of aromatic nitrogens is 1. The number of nitrogens with one attached hydrogen (secondary N) is 2. The van der Waals surface area contributed by atoms with Gasteiger partial charge in [-0.1, -0.05) is 18.2 Å². The third kappa shape index (κ3) is 4.73. The maximum Gasteiger partial charge on any atom is 0.241 e. The molecule has 0 saturated heterocycles. The molecule has 2 N–H and O–H groups in total. The molecule has 1 aromatic heterocycles. The Hall–Kier alpha value is -2.51. The molecular weight excluding hydrogens is 316 g/mol. The van der Waals surface area contributed by atoms with Crippen LogP contribution >= 0.6 is 0 Å². The van der Waals surface area contributed by atoms with Crippen molar-refractivity contribution in [1.29, 1.82) is 0 Å². The van der Waals surface area contributed by atoms with Crippen molar-refractivity contribution >= 4 is 22.1 Å². The van der Waals surface area contributed by atoms with Crippen molar-refractivity contribution in [1.82, 2.24) is 4.72 Å². The van der Waals surface area contributed by atoms with Gasteiger partial charge in [0.2, 0.25) is 10.0 Å². The molecule has 0 radical (unpaired) electrons. The number of rotatable bonds is 6. The lowest BCUT2D eigenvalue weighted by Crippen LogP contribution is -2.24. The average molecular weight is 332 g/mol. The van der Waals surface area contributed by atoms with E-state index in [0.717, 1.165) is 11.6 Å². The lowest BCUT2D eigenvalue weighted by Gasteiger charge is -2.10. The fourth-order valence-electron chi connectivity index (χ4n) is 1.97. The summed E-state index contributed by atoms with van der Waals surface area (Å²) in [6.45, 7) is 1.83. The molecule has 0 amide bonds. The molecule has 23 heavy (non-hydrogen) atoms. The largest absolute Gasteiger partial charge is 0.545 e. The molecule has 120 valence electrons. The lowest BCUT2D eigenvalue weighted by molar-refractivity contribution is -0.378. The summed E-state index contributed by atoms with van der Waals surface area (Å²) >= 11 is 0. The number of carbonyl (C=O) groups excluding carboxylic acids is 1. The molecule has 0 aliphatic rings. The number of benzene rings is 1. The van der Waals surface area contributed by atoms with Crippen molar-refractivity contribution < 1.29 is 23.3 Å². The first-order valence-corrected chi connectivity index (χ1v) is 8.31. The summed E-state index contributed by atoms with van der Waals surface area (Å²) in [5.74, 6) is -1.34. The monoisotopic (exact) mass is 332 g/mol. The second-order valence-corrected chi connectivity index (χ2v) is 6.65. The second-order valence-electron chi connectivity index (χ2n) is 4.91. The normalized spacial score (nSPS) is 11.7. The topological polar surface area (TPSA) is 100 Å². The van der Waals surface area contributed by atoms with Gasteiger partial charge < -0.3 is 9.90 Å². The predicted octanol–water partition coefficient (Wildman–Crippen LogP) is 0.0507. The van der Waals surface area contributed by atoms with Crippen molar-refractivity contribution in [2.24, 2.45) is 0 Å². The van der Waals surface area contributed by atoms with E-state index < -0.39 is 16.0 Å². The summed E-state index contributed by atoms with van der Waals surface area (Å²) in [5.41, 5.74) is 1.83. The van der Waals surface area contributed by atoms with Crippen LogP contribution < -0.4 is 14.8 Å². The van der Waals surface area contributed by atoms with Gasteiger partial charge in [-0.2, -0.15) is 0 Å². The number of aryl methyl sites for hydroxylation is 1. The van der Waals surface area contributed by atoms with Gasteiger partial charge in [0.05, 0.1) is 10.9 Å². The standard InChI is InChI=1S/C16H16N2O4S/c1-12-4-5-13(6-7-16(19)20)9-15(12)23(21,22)18-11-14-3-2-8-17-10-14/h2-10,18H,11H2,1H3,(H,19,20)/b7-6+. The molecule has 0 unspecified atom stereocenters. The number of sulfonamides is 1. The molecule has 2 rings (SSSR count). The molecule has 0 fully saturated rings. The van der Waals surface area contributed by atoms with Crippen molar-refractivity contribution in [3.63, 3.8) is 0 Å². The Morgan fingerprint density at radius 1 is 1.35 bits per heavy atom. The fourth-order valence-corrected chi connectivity index (χ4v) is 3.27. The minimum absolute atomic E-state index is 0.109. The van der Waals surface area contributed by atoms with Gasteiger partial charge in [0.15, 0.2) is 12.4 Å². The van der Waals surface area contributed by atoms with Gasteiger partial charge in [-0.25, -0.2) is 18.1 Å². The van der Waals surface area contributed by atoms with Crippen LogP contribution in [0.2, 0.25) is 0 Å². The molecule has 0 saturated carbocycles. The molecule has 1 aromatic carbocycles. The fraction of sp³-hybridized carbons (Fsp3) is 0.125. The maximum absolute atomic E-state index is 12.4. The van der Waals surface area contributed by atoms with E-state index in [9.17, 15) is 18.3 Å². The number of hydrogen-bond acceptors (Lipinski definition) is 4. The van der Waals surface area contributed by atoms with E-state index in [0.29, 0.717) is 11.1 Å². The Labute approximate surface area is 134 Å². The number of carbonyl (C=O) groups is 1. The Morgan fingerprint density at radius 3 is 2.78 bits per heavy atom. The van der Waals surface area contributed by atoms with Crippen molar-refractivity contribution in [2.75, 3.05) is 0 Å². The highest BCUT2D eigenvalue weighted by atomic mass is 32.2. The van der Waals surface area contributed by atoms with Crippen LogP contribution in [0.15, 0.2) is 53.7 Å². The van der Waals surface area contributed by atoms with Gasteiger partial charge in [-0.3, -0.25) is 0 Å². The SMILES string of the molecule is Cc1ccc(/C=C/C(=O)[O-])cc1S(=O)(=O)NCc1ccc[nH+]c1. The summed E-state index contributed by atoms with van der Waals surface area (Å²) in [4.78, 5) is 13.4. The van der Waals surface area contributed by atoms with Gasteiger partial charge in [-0.15, -0.1) is 0 Å². The Kier molecular flexibility index (Phi) is 5.25. The van der Waals surface area contributed by atoms with Crippen LogP contribution in [0.3, 0.4) is 0 Å². The Balaban J connectivity index is 2.24. The van der Waals surface area contributed by atoms with Crippen molar-refractivity contribution in [3.8, 4) is 0 Å². The average Bonchev–Trinajstić information content (AvgIpc) is 2.53. The zero-order valence-electron chi connectivity index (χ0n) is 12.4. The smallest absolute Gasteiger partial charge is 0.241 e. The van der Waals surface area contributed by atoms with Crippen LogP contribution in [0.4, 0.5) is 0 Å². The van der Waals surface area contributed by atoms with Crippen LogP contribution in [0.1, 0.15) is 16.7 Å². The lowest BCUT2D eigenvalue weighted by atomic mass is 10.1. The quantitative estimate of drug-likeness (QED) is 0.755. The Morgan fingerprint density at radius 2 is 2.13 bits per heavy atom. The van der Waals surface area contributed by atoms with E-state index >= 15 is 0 Å². The molecule has 2 aromatic rings. The van der Waals surface area contributed by atoms with Crippen molar-refractivity contribution in [3.05, 3.63) is 65.5 Å². The third-order valence-electron chi connectivity index (χ3n) is 3.15. The number of aliphatic carboxylic acids is 1. The van der Waals surface area contributed by atoms with Crippen LogP contribution in [0.25, 0.3) is 6.08 Å². The zero-order chi connectivity index (χ0) is 16.9. The van der Waals surface area contributed by atoms with E-state index in [-0.39, 0.29) is 11.4 Å². The molecule has 0 aliphatic carbocycles. The zero-order valence-corrected chi connectivity index (χ0v) is 13.3. The summed E-state index contributed by atoms with van der Waals surface area (Å²) in [6.07, 6.45) is 5.58. The third-order valence-corrected chi connectivity index (χ3v) is 4.69. The molecule has 1 heterocycles. The summed E-state index contributed by atoms with van der Waals surface area (Å²) in [7, 11) is -3.71. The molecular formula is C16H16N2O4S. The molecule has 7 heteroatoms. The second kappa shape index (κ2) is 7.17. The number of aromatic amines is 1. The summed E-state index contributed by atoms with van der Waals surface area (Å²) in [5, 5.41) is 10.4. The highest BCUT2D eigenvalue weighted by molar-refractivity contribution is 7.89. The highest BCUT2D eigenvalue weighted by Gasteiger charge is 2.17. The van der Waals surface area contributed by atoms with E-state index in [1.165, 1.54) is 12.1 Å². The number of H-pyrrole nitrogens is 1.